The Balaban J connectivity index is 0.000000181. The minimum atomic E-state index is 0.129. The van der Waals surface area contributed by atoms with Crippen molar-refractivity contribution in [1.29, 1.82) is 0 Å². The number of rotatable bonds is 0. The predicted molar refractivity (Wildman–Crippen MR) is 64.6 cm³/mol. The fraction of sp³-hybridized carbons (Fsp3) is 0.538. The third-order valence-corrected chi connectivity index (χ3v) is 2.08. The molecular weight excluding hydrogens is 220 g/mol. The van der Waals surface area contributed by atoms with E-state index in [4.69, 9.17) is 19.3 Å². The standard InChI is InChI=1S/C7H14O3.C6H6O/c1-7(2)3-8-5-10-6-9-4-7;7-6-4-2-1-3-5-6/h3-6H2,1-2H3;1-5,7H. The summed E-state index contributed by atoms with van der Waals surface area (Å²) in [5.41, 5.74) is 0.129. The van der Waals surface area contributed by atoms with Crippen LogP contribution in [0.25, 0.3) is 0 Å². The Bertz CT molecular complexity index is 288. The highest BCUT2D eigenvalue weighted by molar-refractivity contribution is 5.18. The van der Waals surface area contributed by atoms with Gasteiger partial charge in [-0.25, -0.2) is 0 Å². The number of hydrogen-bond acceptors (Lipinski definition) is 4. The molecule has 0 aromatic heterocycles. The fourth-order valence-electron chi connectivity index (χ4n) is 1.26. The van der Waals surface area contributed by atoms with E-state index < -0.39 is 0 Å². The Kier molecular flexibility index (Phi) is 5.97. The van der Waals surface area contributed by atoms with Crippen molar-refractivity contribution < 1.29 is 19.3 Å². The van der Waals surface area contributed by atoms with E-state index in [2.05, 4.69) is 13.8 Å². The lowest BCUT2D eigenvalue weighted by Gasteiger charge is -2.26. The van der Waals surface area contributed by atoms with Gasteiger partial charge in [0.25, 0.3) is 0 Å². The molecule has 0 bridgehead atoms. The molecule has 1 heterocycles. The average Bonchev–Trinajstić information content (AvgIpc) is 2.27. The molecule has 1 aromatic rings. The van der Waals surface area contributed by atoms with Crippen LogP contribution in [-0.4, -0.2) is 31.9 Å². The van der Waals surface area contributed by atoms with Gasteiger partial charge in [-0.1, -0.05) is 32.0 Å². The van der Waals surface area contributed by atoms with Gasteiger partial charge in [-0.3, -0.25) is 0 Å². The highest BCUT2D eigenvalue weighted by Gasteiger charge is 2.19. The van der Waals surface area contributed by atoms with Crippen molar-refractivity contribution in [2.75, 3.05) is 26.8 Å². The Hall–Kier alpha value is -1.10. The van der Waals surface area contributed by atoms with Crippen LogP contribution in [-0.2, 0) is 14.2 Å². The average molecular weight is 240 g/mol. The lowest BCUT2D eigenvalue weighted by Crippen LogP contribution is -2.29. The summed E-state index contributed by atoms with van der Waals surface area (Å²) >= 11 is 0. The van der Waals surface area contributed by atoms with Crippen molar-refractivity contribution in [3.05, 3.63) is 30.3 Å². The molecule has 0 radical (unpaired) electrons. The molecule has 2 rings (SSSR count). The second-order valence-corrected chi connectivity index (χ2v) is 4.64. The highest BCUT2D eigenvalue weighted by Crippen LogP contribution is 2.16. The minimum absolute atomic E-state index is 0.129. The summed E-state index contributed by atoms with van der Waals surface area (Å²) in [5, 5.41) is 8.63. The highest BCUT2D eigenvalue weighted by atomic mass is 16.7. The van der Waals surface area contributed by atoms with Gasteiger partial charge in [0.15, 0.2) is 0 Å². The number of para-hydroxylation sites is 1. The first-order valence-electron chi connectivity index (χ1n) is 5.57. The molecular formula is C13H20O4. The number of hydrogen-bond donors (Lipinski definition) is 1. The summed E-state index contributed by atoms with van der Waals surface area (Å²) in [6.45, 7) is 6.32. The third kappa shape index (κ3) is 6.94. The maximum absolute atomic E-state index is 8.63. The maximum Gasteiger partial charge on any atom is 0.149 e. The summed E-state index contributed by atoms with van der Waals surface area (Å²) in [6, 6.07) is 8.71. The zero-order valence-corrected chi connectivity index (χ0v) is 10.4. The van der Waals surface area contributed by atoms with Crippen LogP contribution in [0.15, 0.2) is 30.3 Å². The second kappa shape index (κ2) is 7.27. The molecule has 0 spiro atoms. The van der Waals surface area contributed by atoms with Crippen LogP contribution in [0.5, 0.6) is 5.75 Å². The second-order valence-electron chi connectivity index (χ2n) is 4.64. The molecule has 0 atom stereocenters. The van der Waals surface area contributed by atoms with E-state index in [1.807, 2.05) is 6.07 Å². The van der Waals surface area contributed by atoms with Gasteiger partial charge in [0, 0.05) is 5.41 Å². The molecule has 1 N–H and O–H groups in total. The van der Waals surface area contributed by atoms with Crippen molar-refractivity contribution in [2.24, 2.45) is 5.41 Å². The number of phenols is 1. The SMILES string of the molecule is CC1(C)COCOCOC1.Oc1ccccc1. The van der Waals surface area contributed by atoms with E-state index in [1.54, 1.807) is 24.3 Å². The van der Waals surface area contributed by atoms with Crippen molar-refractivity contribution in [1.82, 2.24) is 0 Å². The van der Waals surface area contributed by atoms with E-state index in [1.165, 1.54) is 0 Å². The Morgan fingerprint density at radius 1 is 0.941 bits per heavy atom. The quantitative estimate of drug-likeness (QED) is 0.756. The summed E-state index contributed by atoms with van der Waals surface area (Å²) in [4.78, 5) is 0. The largest absolute Gasteiger partial charge is 0.508 e. The smallest absolute Gasteiger partial charge is 0.149 e. The summed E-state index contributed by atoms with van der Waals surface area (Å²) in [6.07, 6.45) is 0. The predicted octanol–water partition coefficient (Wildman–Crippen LogP) is 2.38. The van der Waals surface area contributed by atoms with Crippen molar-refractivity contribution in [3.8, 4) is 5.75 Å². The van der Waals surface area contributed by atoms with Gasteiger partial charge in [-0.05, 0) is 12.1 Å². The third-order valence-electron chi connectivity index (χ3n) is 2.08. The first-order valence-corrected chi connectivity index (χ1v) is 5.57. The van der Waals surface area contributed by atoms with Crippen LogP contribution < -0.4 is 0 Å². The van der Waals surface area contributed by atoms with Crippen molar-refractivity contribution in [2.45, 2.75) is 13.8 Å². The van der Waals surface area contributed by atoms with Crippen molar-refractivity contribution >= 4 is 0 Å². The summed E-state index contributed by atoms with van der Waals surface area (Å²) in [7, 11) is 0. The first-order chi connectivity index (χ1) is 8.10. The molecule has 0 saturated carbocycles. The molecule has 1 aliphatic heterocycles. The van der Waals surface area contributed by atoms with Gasteiger partial charge in [0.05, 0.1) is 13.2 Å². The van der Waals surface area contributed by atoms with Crippen LogP contribution >= 0.6 is 0 Å². The van der Waals surface area contributed by atoms with Crippen molar-refractivity contribution in [3.63, 3.8) is 0 Å². The number of phenolic OH excluding ortho intramolecular Hbond substituents is 1. The van der Waals surface area contributed by atoms with E-state index in [0.29, 0.717) is 32.5 Å². The van der Waals surface area contributed by atoms with Gasteiger partial charge in [0.1, 0.15) is 19.3 Å². The molecule has 0 aliphatic carbocycles. The minimum Gasteiger partial charge on any atom is -0.508 e. The van der Waals surface area contributed by atoms with E-state index in [-0.39, 0.29) is 5.41 Å². The lowest BCUT2D eigenvalue weighted by atomic mass is 9.96. The van der Waals surface area contributed by atoms with E-state index >= 15 is 0 Å². The monoisotopic (exact) mass is 240 g/mol. The number of benzene rings is 1. The Morgan fingerprint density at radius 3 is 1.88 bits per heavy atom. The molecule has 1 aliphatic rings. The molecule has 0 unspecified atom stereocenters. The van der Waals surface area contributed by atoms with Gasteiger partial charge < -0.3 is 19.3 Å². The van der Waals surface area contributed by atoms with Gasteiger partial charge in [-0.15, -0.1) is 0 Å². The van der Waals surface area contributed by atoms with E-state index in [9.17, 15) is 0 Å². The van der Waals surface area contributed by atoms with Crippen LogP contribution in [0.2, 0.25) is 0 Å². The molecule has 1 aromatic carbocycles. The topological polar surface area (TPSA) is 47.9 Å². The maximum atomic E-state index is 8.63. The molecule has 0 amide bonds. The lowest BCUT2D eigenvalue weighted by molar-refractivity contribution is -0.183. The van der Waals surface area contributed by atoms with E-state index in [0.717, 1.165) is 0 Å². The summed E-state index contributed by atoms with van der Waals surface area (Å²) < 4.78 is 15.3. The molecule has 96 valence electrons. The molecule has 1 saturated heterocycles. The fourth-order valence-corrected chi connectivity index (χ4v) is 1.26. The van der Waals surface area contributed by atoms with Crippen LogP contribution in [0, 0.1) is 5.41 Å². The van der Waals surface area contributed by atoms with Gasteiger partial charge in [0.2, 0.25) is 0 Å². The first kappa shape index (κ1) is 14.0. The van der Waals surface area contributed by atoms with Gasteiger partial charge in [-0.2, -0.15) is 0 Å². The van der Waals surface area contributed by atoms with Crippen LogP contribution in [0.3, 0.4) is 0 Å². The number of aromatic hydroxyl groups is 1. The zero-order chi connectivity index (χ0) is 12.6. The molecule has 4 nitrogen and oxygen atoms in total. The Morgan fingerprint density at radius 2 is 1.47 bits per heavy atom. The van der Waals surface area contributed by atoms with Crippen LogP contribution in [0.1, 0.15) is 13.8 Å². The molecule has 4 heteroatoms. The van der Waals surface area contributed by atoms with Gasteiger partial charge >= 0.3 is 0 Å². The zero-order valence-electron chi connectivity index (χ0n) is 10.4. The normalized spacial score (nSPS) is 19.4. The molecule has 17 heavy (non-hydrogen) atoms. The molecule has 1 fully saturated rings. The Labute approximate surface area is 102 Å². The number of ether oxygens (including phenoxy) is 3. The summed E-state index contributed by atoms with van der Waals surface area (Å²) in [5.74, 6) is 0.322. The van der Waals surface area contributed by atoms with Crippen LogP contribution in [0.4, 0.5) is 0 Å².